The zero-order chi connectivity index (χ0) is 14.8. The van der Waals surface area contributed by atoms with Crippen molar-refractivity contribution < 1.29 is 8.42 Å². The molecule has 10 heteroatoms. The molecule has 0 spiro atoms. The average Bonchev–Trinajstić information content (AvgIpc) is 2.81. The van der Waals surface area contributed by atoms with E-state index in [0.29, 0.717) is 28.9 Å². The van der Waals surface area contributed by atoms with Crippen LogP contribution in [0.2, 0.25) is 5.15 Å². The minimum absolute atomic E-state index is 0.0452. The van der Waals surface area contributed by atoms with E-state index in [1.165, 1.54) is 10.8 Å². The molecule has 8 nitrogen and oxygen atoms in total. The Bertz CT molecular complexity index is 714. The van der Waals surface area contributed by atoms with Crippen LogP contribution < -0.4 is 10.0 Å². The van der Waals surface area contributed by atoms with Crippen LogP contribution in [0.25, 0.3) is 5.78 Å². The number of aromatic nitrogens is 4. The van der Waals surface area contributed by atoms with E-state index in [1.807, 2.05) is 0 Å². The molecule has 0 atom stereocenters. The van der Waals surface area contributed by atoms with E-state index in [9.17, 15) is 8.42 Å². The van der Waals surface area contributed by atoms with Gasteiger partial charge in [-0.3, -0.25) is 0 Å². The molecule has 0 saturated heterocycles. The molecule has 0 aliphatic carbocycles. The van der Waals surface area contributed by atoms with Gasteiger partial charge in [-0.15, -0.1) is 0 Å². The molecule has 0 radical (unpaired) electrons. The van der Waals surface area contributed by atoms with Crippen LogP contribution in [0, 0.1) is 6.92 Å². The van der Waals surface area contributed by atoms with Crippen molar-refractivity contribution >= 4 is 33.2 Å². The van der Waals surface area contributed by atoms with Gasteiger partial charge in [-0.2, -0.15) is 19.6 Å². The summed E-state index contributed by atoms with van der Waals surface area (Å²) >= 11 is 6.01. The summed E-state index contributed by atoms with van der Waals surface area (Å²) in [7, 11) is -3.27. The third-order valence-corrected chi connectivity index (χ3v) is 4.47. The van der Waals surface area contributed by atoms with Crippen molar-refractivity contribution in [2.24, 2.45) is 0 Å². The Balaban J connectivity index is 2.18. The highest BCUT2D eigenvalue weighted by Crippen LogP contribution is 2.21. The maximum atomic E-state index is 11.6. The van der Waals surface area contributed by atoms with E-state index in [0.717, 1.165) is 0 Å². The second-order valence-corrected chi connectivity index (χ2v) is 6.38. The predicted molar refractivity (Wildman–Crippen MR) is 76.5 cm³/mol. The lowest BCUT2D eigenvalue weighted by Crippen LogP contribution is -2.29. The first-order chi connectivity index (χ1) is 9.44. The number of anilines is 1. The Morgan fingerprint density at radius 1 is 1.45 bits per heavy atom. The fourth-order valence-electron chi connectivity index (χ4n) is 1.70. The van der Waals surface area contributed by atoms with E-state index in [2.05, 4.69) is 25.1 Å². The third-order valence-electron chi connectivity index (χ3n) is 2.63. The standard InChI is InChI=1S/C10H15ClN6O2S/c1-3-15-20(18,19)5-4-12-9-7(2)8(11)16-10-13-6-14-17(9)10/h6,12,15H,3-5H2,1-2H3. The van der Waals surface area contributed by atoms with E-state index >= 15 is 0 Å². The first kappa shape index (κ1) is 14.9. The minimum atomic E-state index is -3.27. The van der Waals surface area contributed by atoms with Gasteiger partial charge in [0.05, 0.1) is 5.75 Å². The van der Waals surface area contributed by atoms with E-state index in [4.69, 9.17) is 11.6 Å². The first-order valence-corrected chi connectivity index (χ1v) is 8.04. The molecule has 110 valence electrons. The van der Waals surface area contributed by atoms with Gasteiger partial charge >= 0.3 is 0 Å². The Morgan fingerprint density at radius 3 is 2.90 bits per heavy atom. The number of rotatable bonds is 6. The molecule has 2 aromatic heterocycles. The zero-order valence-corrected chi connectivity index (χ0v) is 12.7. The molecule has 0 amide bonds. The number of hydrogen-bond acceptors (Lipinski definition) is 6. The van der Waals surface area contributed by atoms with Gasteiger partial charge in [0, 0.05) is 18.7 Å². The molecule has 2 heterocycles. The van der Waals surface area contributed by atoms with Crippen LogP contribution >= 0.6 is 11.6 Å². The van der Waals surface area contributed by atoms with Crippen LogP contribution in [0.15, 0.2) is 6.33 Å². The Labute approximate surface area is 121 Å². The monoisotopic (exact) mass is 318 g/mol. The van der Waals surface area contributed by atoms with Gasteiger partial charge in [0.2, 0.25) is 10.0 Å². The highest BCUT2D eigenvalue weighted by atomic mass is 35.5. The number of hydrogen-bond donors (Lipinski definition) is 2. The van der Waals surface area contributed by atoms with E-state index < -0.39 is 10.0 Å². The fraction of sp³-hybridized carbons (Fsp3) is 0.500. The number of halogens is 1. The second kappa shape index (κ2) is 5.90. The summed E-state index contributed by atoms with van der Waals surface area (Å²) in [5.41, 5.74) is 0.686. The molecule has 2 aromatic rings. The lowest BCUT2D eigenvalue weighted by atomic mass is 10.3. The van der Waals surface area contributed by atoms with Crippen LogP contribution in [0.5, 0.6) is 0 Å². The van der Waals surface area contributed by atoms with Crippen molar-refractivity contribution in [2.75, 3.05) is 24.2 Å². The predicted octanol–water partition coefficient (Wildman–Crippen LogP) is 0.437. The van der Waals surface area contributed by atoms with Crippen molar-refractivity contribution in [1.82, 2.24) is 24.3 Å². The zero-order valence-electron chi connectivity index (χ0n) is 11.1. The summed E-state index contributed by atoms with van der Waals surface area (Å²) < 4.78 is 27.0. The molecule has 20 heavy (non-hydrogen) atoms. The number of nitrogens with one attached hydrogen (secondary N) is 2. The quantitative estimate of drug-likeness (QED) is 0.749. The third kappa shape index (κ3) is 3.17. The number of fused-ring (bicyclic) bond motifs is 1. The van der Waals surface area contributed by atoms with Crippen molar-refractivity contribution in [3.8, 4) is 0 Å². The van der Waals surface area contributed by atoms with Gasteiger partial charge in [-0.25, -0.2) is 13.1 Å². The lowest BCUT2D eigenvalue weighted by molar-refractivity contribution is 0.584. The molecule has 2 rings (SSSR count). The topological polar surface area (TPSA) is 101 Å². The van der Waals surface area contributed by atoms with Gasteiger partial charge in [-0.05, 0) is 6.92 Å². The highest BCUT2D eigenvalue weighted by Gasteiger charge is 2.13. The maximum absolute atomic E-state index is 11.6. The minimum Gasteiger partial charge on any atom is -0.369 e. The Morgan fingerprint density at radius 2 is 2.20 bits per heavy atom. The summed E-state index contributed by atoms with van der Waals surface area (Å²) in [6.07, 6.45) is 1.36. The van der Waals surface area contributed by atoms with E-state index in [-0.39, 0.29) is 12.3 Å². The normalized spacial score (nSPS) is 11.9. The van der Waals surface area contributed by atoms with Gasteiger partial charge in [0.25, 0.3) is 5.78 Å². The summed E-state index contributed by atoms with van der Waals surface area (Å²) in [6, 6.07) is 0. The second-order valence-electron chi connectivity index (χ2n) is 4.09. The van der Waals surface area contributed by atoms with Gasteiger partial charge < -0.3 is 5.32 Å². The molecule has 0 unspecified atom stereocenters. The van der Waals surface area contributed by atoms with Crippen LogP contribution in [0.4, 0.5) is 5.82 Å². The van der Waals surface area contributed by atoms with Crippen LogP contribution in [-0.4, -0.2) is 46.8 Å². The van der Waals surface area contributed by atoms with Gasteiger partial charge in [-0.1, -0.05) is 18.5 Å². The Kier molecular flexibility index (Phi) is 4.41. The van der Waals surface area contributed by atoms with Crippen LogP contribution in [-0.2, 0) is 10.0 Å². The number of sulfonamides is 1. The maximum Gasteiger partial charge on any atom is 0.255 e. The summed E-state index contributed by atoms with van der Waals surface area (Å²) in [5, 5.41) is 7.35. The van der Waals surface area contributed by atoms with Gasteiger partial charge in [0.15, 0.2) is 0 Å². The highest BCUT2D eigenvalue weighted by molar-refractivity contribution is 7.89. The van der Waals surface area contributed by atoms with Crippen LogP contribution in [0.3, 0.4) is 0 Å². The largest absolute Gasteiger partial charge is 0.369 e. The molecule has 0 saturated carbocycles. The molecule has 0 aliphatic heterocycles. The Hall–Kier alpha value is -1.45. The fourth-order valence-corrected chi connectivity index (χ4v) is 2.82. The summed E-state index contributed by atoms with van der Waals surface area (Å²) in [4.78, 5) is 8.02. The number of nitrogens with zero attached hydrogens (tertiary/aromatic N) is 4. The lowest BCUT2D eigenvalue weighted by Gasteiger charge is -2.11. The van der Waals surface area contributed by atoms with Crippen molar-refractivity contribution in [3.05, 3.63) is 17.0 Å². The molecule has 0 bridgehead atoms. The summed E-state index contributed by atoms with van der Waals surface area (Å²) in [5.74, 6) is 0.901. The SMILES string of the molecule is CCNS(=O)(=O)CCNc1c(C)c(Cl)nc2ncnn12. The molecule has 0 aliphatic rings. The molecule has 2 N–H and O–H groups in total. The van der Waals surface area contributed by atoms with Crippen LogP contribution in [0.1, 0.15) is 12.5 Å². The summed E-state index contributed by atoms with van der Waals surface area (Å²) in [6.45, 7) is 4.11. The van der Waals surface area contributed by atoms with E-state index in [1.54, 1.807) is 13.8 Å². The molecular formula is C10H15ClN6O2S. The van der Waals surface area contributed by atoms with Crippen molar-refractivity contribution in [2.45, 2.75) is 13.8 Å². The molecule has 0 fully saturated rings. The average molecular weight is 319 g/mol. The van der Waals surface area contributed by atoms with Crippen molar-refractivity contribution in [3.63, 3.8) is 0 Å². The van der Waals surface area contributed by atoms with Gasteiger partial charge in [0.1, 0.15) is 17.3 Å². The smallest absolute Gasteiger partial charge is 0.255 e. The van der Waals surface area contributed by atoms with Crippen molar-refractivity contribution in [1.29, 1.82) is 0 Å². The molecule has 0 aromatic carbocycles. The molecular weight excluding hydrogens is 304 g/mol. The first-order valence-electron chi connectivity index (χ1n) is 6.01.